The fourth-order valence-electron chi connectivity index (χ4n) is 2.27. The van der Waals surface area contributed by atoms with Crippen LogP contribution in [0.15, 0.2) is 18.2 Å². The smallest absolute Gasteiger partial charge is 0.251 e. The van der Waals surface area contributed by atoms with Crippen LogP contribution in [0.2, 0.25) is 0 Å². The molecule has 1 aromatic rings. The second kappa shape index (κ2) is 8.46. The highest BCUT2D eigenvalue weighted by atomic mass is 16.1. The van der Waals surface area contributed by atoms with E-state index in [4.69, 9.17) is 5.73 Å². The predicted molar refractivity (Wildman–Crippen MR) is 86.1 cm³/mol. The van der Waals surface area contributed by atoms with Gasteiger partial charge in [0.1, 0.15) is 0 Å². The Labute approximate surface area is 122 Å². The predicted octanol–water partition coefficient (Wildman–Crippen LogP) is 3.40. The summed E-state index contributed by atoms with van der Waals surface area (Å²) in [7, 11) is 1.63. The molecule has 112 valence electrons. The molecule has 1 unspecified atom stereocenters. The molecule has 0 aliphatic carbocycles. The van der Waals surface area contributed by atoms with E-state index in [0.29, 0.717) is 17.3 Å². The maximum absolute atomic E-state index is 11.7. The molecule has 4 heteroatoms. The van der Waals surface area contributed by atoms with Crippen LogP contribution < -0.4 is 16.4 Å². The van der Waals surface area contributed by atoms with Gasteiger partial charge in [-0.25, -0.2) is 0 Å². The first-order valence-electron chi connectivity index (χ1n) is 7.50. The molecule has 4 nitrogen and oxygen atoms in total. The number of hydrogen-bond donors (Lipinski definition) is 3. The van der Waals surface area contributed by atoms with E-state index in [1.165, 1.54) is 12.8 Å². The van der Waals surface area contributed by atoms with Crippen molar-refractivity contribution < 1.29 is 4.79 Å². The molecule has 1 amide bonds. The molecule has 1 aromatic carbocycles. The number of carbonyl (C=O) groups is 1. The van der Waals surface area contributed by atoms with Crippen molar-refractivity contribution in [3.63, 3.8) is 0 Å². The van der Waals surface area contributed by atoms with Crippen LogP contribution in [0.3, 0.4) is 0 Å². The van der Waals surface area contributed by atoms with E-state index in [2.05, 4.69) is 24.5 Å². The van der Waals surface area contributed by atoms with E-state index < -0.39 is 0 Å². The number of amides is 1. The van der Waals surface area contributed by atoms with Gasteiger partial charge < -0.3 is 16.4 Å². The van der Waals surface area contributed by atoms with Crippen LogP contribution in [-0.2, 0) is 0 Å². The Balaban J connectivity index is 2.84. The van der Waals surface area contributed by atoms with Crippen LogP contribution in [0.5, 0.6) is 0 Å². The standard InChI is InChI=1S/C16H27N3O/c1-4-6-8-13(7-5-2)19-15-11-12(16(20)18-3)9-10-14(15)17/h9-11,13,19H,4-8,17H2,1-3H3,(H,18,20). The SMILES string of the molecule is CCCCC(CCC)Nc1cc(C(=O)NC)ccc1N. The first kappa shape index (κ1) is 16.3. The van der Waals surface area contributed by atoms with Crippen molar-refractivity contribution in [1.29, 1.82) is 0 Å². The molecule has 0 radical (unpaired) electrons. The summed E-state index contributed by atoms with van der Waals surface area (Å²) in [4.78, 5) is 11.7. The van der Waals surface area contributed by atoms with Crippen LogP contribution in [0.1, 0.15) is 56.3 Å². The maximum atomic E-state index is 11.7. The van der Waals surface area contributed by atoms with Crippen LogP contribution in [-0.4, -0.2) is 19.0 Å². The minimum Gasteiger partial charge on any atom is -0.397 e. The molecule has 4 N–H and O–H groups in total. The quantitative estimate of drug-likeness (QED) is 0.638. The highest BCUT2D eigenvalue weighted by Gasteiger charge is 2.11. The van der Waals surface area contributed by atoms with Crippen molar-refractivity contribution in [3.05, 3.63) is 23.8 Å². The average Bonchev–Trinajstić information content (AvgIpc) is 2.46. The van der Waals surface area contributed by atoms with Gasteiger partial charge in [0.05, 0.1) is 11.4 Å². The molecular weight excluding hydrogens is 250 g/mol. The maximum Gasteiger partial charge on any atom is 0.251 e. The van der Waals surface area contributed by atoms with Gasteiger partial charge in [0.25, 0.3) is 5.91 Å². The second-order valence-electron chi connectivity index (χ2n) is 5.15. The molecule has 0 heterocycles. The van der Waals surface area contributed by atoms with Crippen LogP contribution in [0.25, 0.3) is 0 Å². The number of hydrogen-bond acceptors (Lipinski definition) is 3. The summed E-state index contributed by atoms with van der Waals surface area (Å²) < 4.78 is 0. The summed E-state index contributed by atoms with van der Waals surface area (Å²) in [5.74, 6) is -0.0892. The summed E-state index contributed by atoms with van der Waals surface area (Å²) in [5.41, 5.74) is 8.20. The molecule has 0 aromatic heterocycles. The normalized spacial score (nSPS) is 11.9. The van der Waals surface area contributed by atoms with Crippen molar-refractivity contribution in [3.8, 4) is 0 Å². The number of benzene rings is 1. The Kier molecular flexibility index (Phi) is 6.91. The molecule has 0 bridgehead atoms. The fourth-order valence-corrected chi connectivity index (χ4v) is 2.27. The Bertz CT molecular complexity index is 432. The van der Waals surface area contributed by atoms with E-state index in [1.807, 2.05) is 6.07 Å². The van der Waals surface area contributed by atoms with Crippen molar-refractivity contribution in [2.75, 3.05) is 18.1 Å². The Morgan fingerprint density at radius 3 is 2.60 bits per heavy atom. The first-order chi connectivity index (χ1) is 9.62. The minimum atomic E-state index is -0.0892. The zero-order chi connectivity index (χ0) is 15.0. The summed E-state index contributed by atoms with van der Waals surface area (Å²) >= 11 is 0. The van der Waals surface area contributed by atoms with Crippen LogP contribution >= 0.6 is 0 Å². The van der Waals surface area contributed by atoms with E-state index >= 15 is 0 Å². The van der Waals surface area contributed by atoms with E-state index in [-0.39, 0.29) is 5.91 Å². The summed E-state index contributed by atoms with van der Waals surface area (Å²) in [6.45, 7) is 4.38. The molecular formula is C16H27N3O. The minimum absolute atomic E-state index is 0.0892. The molecule has 0 spiro atoms. The number of nitrogens with one attached hydrogen (secondary N) is 2. The lowest BCUT2D eigenvalue weighted by Crippen LogP contribution is -2.21. The van der Waals surface area contributed by atoms with Crippen molar-refractivity contribution in [2.24, 2.45) is 0 Å². The third-order valence-electron chi connectivity index (χ3n) is 3.45. The number of unbranched alkanes of at least 4 members (excludes halogenated alkanes) is 1. The number of carbonyl (C=O) groups excluding carboxylic acids is 1. The third kappa shape index (κ3) is 4.76. The van der Waals surface area contributed by atoms with Gasteiger partial charge >= 0.3 is 0 Å². The molecule has 20 heavy (non-hydrogen) atoms. The highest BCUT2D eigenvalue weighted by molar-refractivity contribution is 5.96. The zero-order valence-corrected chi connectivity index (χ0v) is 12.8. The van der Waals surface area contributed by atoms with Crippen molar-refractivity contribution >= 4 is 17.3 Å². The van der Waals surface area contributed by atoms with Crippen molar-refractivity contribution in [1.82, 2.24) is 5.32 Å². The highest BCUT2D eigenvalue weighted by Crippen LogP contribution is 2.23. The molecule has 0 fully saturated rings. The number of nitrogen functional groups attached to an aromatic ring is 1. The fraction of sp³-hybridized carbons (Fsp3) is 0.562. The molecule has 0 aliphatic rings. The average molecular weight is 277 g/mol. The number of rotatable bonds is 8. The lowest BCUT2D eigenvalue weighted by Gasteiger charge is -2.21. The van der Waals surface area contributed by atoms with Gasteiger partial charge in [0.15, 0.2) is 0 Å². The zero-order valence-electron chi connectivity index (χ0n) is 12.8. The van der Waals surface area contributed by atoms with Crippen LogP contribution in [0.4, 0.5) is 11.4 Å². The Morgan fingerprint density at radius 2 is 2.00 bits per heavy atom. The van der Waals surface area contributed by atoms with Gasteiger partial charge in [-0.2, -0.15) is 0 Å². The van der Waals surface area contributed by atoms with E-state index in [0.717, 1.165) is 24.9 Å². The lowest BCUT2D eigenvalue weighted by molar-refractivity contribution is 0.0963. The summed E-state index contributed by atoms with van der Waals surface area (Å²) in [6, 6.07) is 5.79. The second-order valence-corrected chi connectivity index (χ2v) is 5.15. The van der Waals surface area contributed by atoms with E-state index in [9.17, 15) is 4.79 Å². The van der Waals surface area contributed by atoms with Crippen molar-refractivity contribution in [2.45, 2.75) is 52.0 Å². The Hall–Kier alpha value is -1.71. The van der Waals surface area contributed by atoms with E-state index in [1.54, 1.807) is 19.2 Å². The number of anilines is 2. The molecule has 1 atom stereocenters. The largest absolute Gasteiger partial charge is 0.397 e. The van der Waals surface area contributed by atoms with Gasteiger partial charge in [-0.15, -0.1) is 0 Å². The molecule has 0 saturated carbocycles. The third-order valence-corrected chi connectivity index (χ3v) is 3.45. The monoisotopic (exact) mass is 277 g/mol. The number of nitrogens with two attached hydrogens (primary N) is 1. The molecule has 1 rings (SSSR count). The summed E-state index contributed by atoms with van der Waals surface area (Å²) in [6.07, 6.45) is 5.77. The van der Waals surface area contributed by atoms with Gasteiger partial charge in [-0.1, -0.05) is 33.1 Å². The molecule has 0 saturated heterocycles. The van der Waals surface area contributed by atoms with Gasteiger partial charge in [-0.05, 0) is 31.0 Å². The molecule has 0 aliphatic heterocycles. The summed E-state index contributed by atoms with van der Waals surface area (Å²) in [5, 5.41) is 6.13. The Morgan fingerprint density at radius 1 is 1.25 bits per heavy atom. The van der Waals surface area contributed by atoms with Crippen LogP contribution in [0, 0.1) is 0 Å². The topological polar surface area (TPSA) is 67.2 Å². The van der Waals surface area contributed by atoms with Gasteiger partial charge in [0, 0.05) is 18.7 Å². The lowest BCUT2D eigenvalue weighted by atomic mass is 10.0. The van der Waals surface area contributed by atoms with Gasteiger partial charge in [0.2, 0.25) is 0 Å². The first-order valence-corrected chi connectivity index (χ1v) is 7.50. The van der Waals surface area contributed by atoms with Gasteiger partial charge in [-0.3, -0.25) is 4.79 Å².